The quantitative estimate of drug-likeness (QED) is 0.855. The highest BCUT2D eigenvalue weighted by Crippen LogP contribution is 2.15. The largest absolute Gasteiger partial charge is 0.377 e. The lowest BCUT2D eigenvalue weighted by molar-refractivity contribution is 0.367. The van der Waals surface area contributed by atoms with Crippen LogP contribution >= 0.6 is 11.6 Å². The minimum Gasteiger partial charge on any atom is -0.377 e. The molecule has 0 unspecified atom stereocenters. The summed E-state index contributed by atoms with van der Waals surface area (Å²) in [5.74, 6) is 0. The van der Waals surface area contributed by atoms with Gasteiger partial charge in [0.05, 0.1) is 30.7 Å². The minimum atomic E-state index is -0.287. The lowest BCUT2D eigenvalue weighted by Gasteiger charge is -2.12. The van der Waals surface area contributed by atoms with Crippen molar-refractivity contribution in [1.29, 1.82) is 0 Å². The highest BCUT2D eigenvalue weighted by molar-refractivity contribution is 6.32. The number of nitrogens with zero attached hydrogens (tertiary/aromatic N) is 5. The van der Waals surface area contributed by atoms with Gasteiger partial charge in [-0.25, -0.2) is 4.68 Å². The van der Waals surface area contributed by atoms with E-state index >= 15 is 0 Å². The molecule has 8 heteroatoms. The van der Waals surface area contributed by atoms with Gasteiger partial charge >= 0.3 is 0 Å². The lowest BCUT2D eigenvalue weighted by Crippen LogP contribution is -2.29. The Morgan fingerprint density at radius 1 is 1.43 bits per heavy atom. The Bertz CT molecular complexity index is 663. The van der Waals surface area contributed by atoms with E-state index in [1.54, 1.807) is 10.9 Å². The maximum atomic E-state index is 12.1. The van der Waals surface area contributed by atoms with E-state index in [-0.39, 0.29) is 10.6 Å². The molecule has 2 aromatic heterocycles. The summed E-state index contributed by atoms with van der Waals surface area (Å²) in [6, 6.07) is 1.90. The number of aryl methyl sites for hydroxylation is 1. The Labute approximate surface area is 128 Å². The van der Waals surface area contributed by atoms with E-state index in [9.17, 15) is 4.79 Å². The first-order chi connectivity index (χ1) is 9.97. The Hall–Kier alpha value is -1.86. The summed E-state index contributed by atoms with van der Waals surface area (Å²) in [6.07, 6.45) is 3.43. The van der Waals surface area contributed by atoms with Gasteiger partial charge in [0.2, 0.25) is 0 Å². The fourth-order valence-electron chi connectivity index (χ4n) is 1.79. The zero-order valence-corrected chi connectivity index (χ0v) is 13.1. The molecule has 0 bridgehead atoms. The van der Waals surface area contributed by atoms with Crippen LogP contribution in [-0.2, 0) is 20.1 Å². The van der Waals surface area contributed by atoms with Crippen molar-refractivity contribution in [2.45, 2.75) is 13.1 Å². The van der Waals surface area contributed by atoms with Gasteiger partial charge in [-0.2, -0.15) is 10.2 Å². The van der Waals surface area contributed by atoms with Gasteiger partial charge in [-0.1, -0.05) is 11.6 Å². The molecule has 0 aromatic carbocycles. The number of hydrogen-bond donors (Lipinski definition) is 1. The van der Waals surface area contributed by atoms with Crippen LogP contribution in [0.15, 0.2) is 23.3 Å². The summed E-state index contributed by atoms with van der Waals surface area (Å²) >= 11 is 6.11. The molecular formula is C13H19ClN6O. The van der Waals surface area contributed by atoms with Gasteiger partial charge in [0.15, 0.2) is 0 Å². The molecule has 0 radical (unpaired) electrons. The molecule has 0 saturated carbocycles. The van der Waals surface area contributed by atoms with Gasteiger partial charge in [0.1, 0.15) is 5.02 Å². The lowest BCUT2D eigenvalue weighted by atomic mass is 10.4. The normalized spacial score (nSPS) is 11.1. The molecule has 1 N–H and O–H groups in total. The van der Waals surface area contributed by atoms with Crippen LogP contribution in [0.4, 0.5) is 5.69 Å². The topological polar surface area (TPSA) is 68.0 Å². The van der Waals surface area contributed by atoms with Crippen molar-refractivity contribution >= 4 is 17.3 Å². The molecule has 2 aromatic rings. The predicted molar refractivity (Wildman–Crippen MR) is 82.6 cm³/mol. The summed E-state index contributed by atoms with van der Waals surface area (Å²) in [5.41, 5.74) is 1.10. The van der Waals surface area contributed by atoms with Crippen molar-refractivity contribution in [3.8, 4) is 0 Å². The average molecular weight is 311 g/mol. The monoisotopic (exact) mass is 310 g/mol. The van der Waals surface area contributed by atoms with Crippen LogP contribution in [-0.4, -0.2) is 45.1 Å². The molecule has 0 saturated heterocycles. The zero-order valence-electron chi connectivity index (χ0n) is 12.4. The molecule has 2 heterocycles. The number of aromatic nitrogens is 4. The van der Waals surface area contributed by atoms with Gasteiger partial charge in [-0.15, -0.1) is 0 Å². The minimum absolute atomic E-state index is 0.152. The van der Waals surface area contributed by atoms with E-state index in [1.165, 1.54) is 4.68 Å². The molecule has 0 aliphatic carbocycles. The summed E-state index contributed by atoms with van der Waals surface area (Å²) in [6.45, 7) is 1.72. The van der Waals surface area contributed by atoms with Gasteiger partial charge in [-0.05, 0) is 20.2 Å². The molecular weight excluding hydrogens is 292 g/mol. The Morgan fingerprint density at radius 3 is 2.81 bits per heavy atom. The second-order valence-electron chi connectivity index (χ2n) is 5.04. The fourth-order valence-corrected chi connectivity index (χ4v) is 2.00. The molecule has 0 spiro atoms. The number of anilines is 1. The smallest absolute Gasteiger partial charge is 0.287 e. The van der Waals surface area contributed by atoms with Crippen LogP contribution < -0.4 is 10.9 Å². The summed E-state index contributed by atoms with van der Waals surface area (Å²) < 4.78 is 3.09. The SMILES string of the molecule is CN(C)CCn1ncc(NCc2ccn(C)n2)c(Cl)c1=O. The van der Waals surface area contributed by atoms with Crippen molar-refractivity contribution in [3.05, 3.63) is 39.5 Å². The maximum Gasteiger partial charge on any atom is 0.287 e. The first kappa shape index (κ1) is 15.5. The second-order valence-corrected chi connectivity index (χ2v) is 5.42. The van der Waals surface area contributed by atoms with Gasteiger partial charge in [-0.3, -0.25) is 9.48 Å². The van der Waals surface area contributed by atoms with Crippen LogP contribution in [0, 0.1) is 0 Å². The molecule has 21 heavy (non-hydrogen) atoms. The van der Waals surface area contributed by atoms with Crippen molar-refractivity contribution in [1.82, 2.24) is 24.5 Å². The molecule has 7 nitrogen and oxygen atoms in total. The highest BCUT2D eigenvalue weighted by atomic mass is 35.5. The van der Waals surface area contributed by atoms with Crippen molar-refractivity contribution in [2.24, 2.45) is 7.05 Å². The second kappa shape index (κ2) is 6.73. The van der Waals surface area contributed by atoms with Crippen LogP contribution in [0.1, 0.15) is 5.69 Å². The van der Waals surface area contributed by atoms with Crippen LogP contribution in [0.5, 0.6) is 0 Å². The molecule has 0 aliphatic heterocycles. The maximum absolute atomic E-state index is 12.1. The van der Waals surface area contributed by atoms with Crippen LogP contribution in [0.3, 0.4) is 0 Å². The zero-order chi connectivity index (χ0) is 15.4. The molecule has 0 atom stereocenters. The number of rotatable bonds is 6. The first-order valence-electron chi connectivity index (χ1n) is 6.60. The summed E-state index contributed by atoms with van der Waals surface area (Å²) in [5, 5.41) is 11.6. The number of hydrogen-bond acceptors (Lipinski definition) is 5. The highest BCUT2D eigenvalue weighted by Gasteiger charge is 2.09. The Morgan fingerprint density at radius 2 is 2.19 bits per heavy atom. The van der Waals surface area contributed by atoms with Crippen molar-refractivity contribution in [3.63, 3.8) is 0 Å². The van der Waals surface area contributed by atoms with E-state index < -0.39 is 0 Å². The molecule has 2 rings (SSSR count). The fraction of sp³-hybridized carbons (Fsp3) is 0.462. The Balaban J connectivity index is 2.07. The third-order valence-corrected chi connectivity index (χ3v) is 3.34. The molecule has 114 valence electrons. The standard InChI is InChI=1S/C13H19ClN6O/c1-18(2)6-7-20-13(21)12(14)11(9-16-20)15-8-10-4-5-19(3)17-10/h4-5,9,15H,6-8H2,1-3H3. The number of halogens is 1. The van der Waals surface area contributed by atoms with Gasteiger partial charge in [0.25, 0.3) is 5.56 Å². The van der Waals surface area contributed by atoms with E-state index in [2.05, 4.69) is 15.5 Å². The van der Waals surface area contributed by atoms with E-state index in [4.69, 9.17) is 11.6 Å². The van der Waals surface area contributed by atoms with E-state index in [0.717, 1.165) is 12.2 Å². The van der Waals surface area contributed by atoms with E-state index in [1.807, 2.05) is 38.3 Å². The van der Waals surface area contributed by atoms with Crippen LogP contribution in [0.25, 0.3) is 0 Å². The summed E-state index contributed by atoms with van der Waals surface area (Å²) in [4.78, 5) is 14.1. The van der Waals surface area contributed by atoms with Gasteiger partial charge < -0.3 is 10.2 Å². The van der Waals surface area contributed by atoms with Crippen LogP contribution in [0.2, 0.25) is 5.02 Å². The molecule has 0 aliphatic rings. The average Bonchev–Trinajstić information content (AvgIpc) is 2.85. The Kier molecular flexibility index (Phi) is 4.98. The molecule has 0 amide bonds. The predicted octanol–water partition coefficient (Wildman–Crippen LogP) is 0.804. The third-order valence-electron chi connectivity index (χ3n) is 2.97. The first-order valence-corrected chi connectivity index (χ1v) is 6.98. The third kappa shape index (κ3) is 4.05. The van der Waals surface area contributed by atoms with E-state index in [0.29, 0.717) is 18.8 Å². The van der Waals surface area contributed by atoms with Gasteiger partial charge in [0, 0.05) is 19.8 Å². The van der Waals surface area contributed by atoms with Crippen molar-refractivity contribution < 1.29 is 0 Å². The summed E-state index contributed by atoms with van der Waals surface area (Å²) in [7, 11) is 5.73. The number of likely N-dealkylation sites (N-methyl/N-ethyl adjacent to an activating group) is 1. The molecule has 0 fully saturated rings. The number of nitrogens with one attached hydrogen (secondary N) is 1. The van der Waals surface area contributed by atoms with Crippen molar-refractivity contribution in [2.75, 3.05) is 26.0 Å².